The van der Waals surface area contributed by atoms with Gasteiger partial charge in [0.15, 0.2) is 0 Å². The fourth-order valence-electron chi connectivity index (χ4n) is 3.36. The van der Waals surface area contributed by atoms with Crippen molar-refractivity contribution in [3.63, 3.8) is 0 Å². The second kappa shape index (κ2) is 7.97. The van der Waals surface area contributed by atoms with Crippen LogP contribution >= 0.6 is 0 Å². The summed E-state index contributed by atoms with van der Waals surface area (Å²) < 4.78 is 41.1. The molecule has 2 aromatic carbocycles. The van der Waals surface area contributed by atoms with Gasteiger partial charge in [0.25, 0.3) is 10.0 Å². The maximum Gasteiger partial charge on any atom is 0.261 e. The SMILES string of the molecule is Cc1nc(Oc2ccc(NS(=O)(=O)c3ccc4c(c3)CCO4)cc2)cc(-n2ccnc2)n1. The van der Waals surface area contributed by atoms with Crippen LogP contribution in [0.1, 0.15) is 11.4 Å². The van der Waals surface area contributed by atoms with Crippen LogP contribution in [0.25, 0.3) is 5.82 Å². The zero-order chi connectivity index (χ0) is 22.1. The summed E-state index contributed by atoms with van der Waals surface area (Å²) >= 11 is 0. The molecule has 0 unspecified atom stereocenters. The maximum atomic E-state index is 12.8. The van der Waals surface area contributed by atoms with Gasteiger partial charge in [0.2, 0.25) is 5.88 Å². The Morgan fingerprint density at radius 2 is 1.94 bits per heavy atom. The molecule has 0 saturated carbocycles. The number of hydrogen-bond acceptors (Lipinski definition) is 7. The monoisotopic (exact) mass is 449 g/mol. The Bertz CT molecular complexity index is 1370. The molecule has 0 amide bonds. The Hall–Kier alpha value is -3.92. The number of aromatic nitrogens is 4. The number of nitrogens with zero attached hydrogens (tertiary/aromatic N) is 4. The van der Waals surface area contributed by atoms with Crippen molar-refractivity contribution in [1.29, 1.82) is 0 Å². The Balaban J connectivity index is 1.31. The third kappa shape index (κ3) is 4.12. The summed E-state index contributed by atoms with van der Waals surface area (Å²) in [4.78, 5) is 12.9. The topological polar surface area (TPSA) is 108 Å². The third-order valence-electron chi connectivity index (χ3n) is 4.87. The minimum Gasteiger partial charge on any atom is -0.493 e. The summed E-state index contributed by atoms with van der Waals surface area (Å²) in [5, 5.41) is 0. The van der Waals surface area contributed by atoms with Crippen LogP contribution in [0.5, 0.6) is 17.4 Å². The summed E-state index contributed by atoms with van der Waals surface area (Å²) in [5.41, 5.74) is 1.32. The van der Waals surface area contributed by atoms with E-state index in [-0.39, 0.29) is 4.90 Å². The maximum absolute atomic E-state index is 12.8. The van der Waals surface area contributed by atoms with Crippen LogP contribution in [0.2, 0.25) is 0 Å². The smallest absolute Gasteiger partial charge is 0.261 e. The van der Waals surface area contributed by atoms with Gasteiger partial charge in [0.05, 0.1) is 11.5 Å². The largest absolute Gasteiger partial charge is 0.493 e. The van der Waals surface area contributed by atoms with E-state index < -0.39 is 10.0 Å². The molecule has 0 spiro atoms. The van der Waals surface area contributed by atoms with Crippen LogP contribution < -0.4 is 14.2 Å². The molecule has 5 rings (SSSR count). The lowest BCUT2D eigenvalue weighted by Crippen LogP contribution is -2.13. The van der Waals surface area contributed by atoms with E-state index >= 15 is 0 Å². The predicted octanol–water partition coefficient (Wildman–Crippen LogP) is 3.50. The van der Waals surface area contributed by atoms with Gasteiger partial charge in [-0.2, -0.15) is 4.98 Å². The summed E-state index contributed by atoms with van der Waals surface area (Å²) in [6, 6.07) is 13.2. The van der Waals surface area contributed by atoms with Crippen molar-refractivity contribution in [2.45, 2.75) is 18.2 Å². The summed E-state index contributed by atoms with van der Waals surface area (Å²) in [6.07, 6.45) is 5.78. The van der Waals surface area contributed by atoms with E-state index in [1.807, 2.05) is 0 Å². The molecule has 0 radical (unpaired) electrons. The number of fused-ring (bicyclic) bond motifs is 1. The molecule has 9 nitrogen and oxygen atoms in total. The first-order valence-electron chi connectivity index (χ1n) is 9.87. The molecule has 0 bridgehead atoms. The number of anilines is 1. The number of rotatable bonds is 6. The fourth-order valence-corrected chi connectivity index (χ4v) is 4.47. The minimum atomic E-state index is -3.72. The van der Waals surface area contributed by atoms with Gasteiger partial charge in [-0.25, -0.2) is 18.4 Å². The van der Waals surface area contributed by atoms with Crippen molar-refractivity contribution in [3.05, 3.63) is 78.6 Å². The van der Waals surface area contributed by atoms with Crippen LogP contribution in [0.4, 0.5) is 5.69 Å². The summed E-state index contributed by atoms with van der Waals surface area (Å²) in [7, 11) is -3.72. The van der Waals surface area contributed by atoms with E-state index in [9.17, 15) is 8.42 Å². The number of sulfonamides is 1. The Kier molecular flexibility index (Phi) is 4.98. The molecule has 0 aliphatic carbocycles. The number of hydrogen-bond donors (Lipinski definition) is 1. The lowest BCUT2D eigenvalue weighted by Gasteiger charge is -2.11. The molecule has 0 atom stereocenters. The molecule has 0 fully saturated rings. The first-order chi connectivity index (χ1) is 15.5. The van der Waals surface area contributed by atoms with E-state index in [1.54, 1.807) is 78.7 Å². The molecular weight excluding hydrogens is 430 g/mol. The van der Waals surface area contributed by atoms with Gasteiger partial charge in [-0.3, -0.25) is 9.29 Å². The average Bonchev–Trinajstić information content (AvgIpc) is 3.46. The standard InChI is InChI=1S/C22H19N5O4S/c1-15-24-21(27-10-9-23-14-27)13-22(25-15)31-18-4-2-17(3-5-18)26-32(28,29)19-6-7-20-16(12-19)8-11-30-20/h2-7,9-10,12-14,26H,8,11H2,1H3. The van der Waals surface area contributed by atoms with Crippen molar-refractivity contribution >= 4 is 15.7 Å². The minimum absolute atomic E-state index is 0.200. The predicted molar refractivity (Wildman–Crippen MR) is 117 cm³/mol. The van der Waals surface area contributed by atoms with E-state index in [0.29, 0.717) is 42.0 Å². The number of aryl methyl sites for hydroxylation is 1. The van der Waals surface area contributed by atoms with Gasteiger partial charge >= 0.3 is 0 Å². The Labute approximate surface area is 184 Å². The fraction of sp³-hybridized carbons (Fsp3) is 0.136. The average molecular weight is 449 g/mol. The van der Waals surface area contributed by atoms with E-state index in [1.165, 1.54) is 0 Å². The molecule has 1 aliphatic heterocycles. The van der Waals surface area contributed by atoms with Crippen molar-refractivity contribution < 1.29 is 17.9 Å². The number of benzene rings is 2. The highest BCUT2D eigenvalue weighted by molar-refractivity contribution is 7.92. The number of ether oxygens (including phenoxy) is 2. The van der Waals surface area contributed by atoms with Gasteiger partial charge in [-0.05, 0) is 55.0 Å². The van der Waals surface area contributed by atoms with E-state index in [2.05, 4.69) is 19.7 Å². The molecule has 32 heavy (non-hydrogen) atoms. The van der Waals surface area contributed by atoms with Crippen LogP contribution in [0, 0.1) is 6.92 Å². The van der Waals surface area contributed by atoms with Crippen LogP contribution in [-0.2, 0) is 16.4 Å². The quantitative estimate of drug-likeness (QED) is 0.480. The molecule has 2 aromatic heterocycles. The Morgan fingerprint density at radius 3 is 2.72 bits per heavy atom. The van der Waals surface area contributed by atoms with Crippen LogP contribution in [0.3, 0.4) is 0 Å². The molecule has 3 heterocycles. The van der Waals surface area contributed by atoms with E-state index in [4.69, 9.17) is 9.47 Å². The van der Waals surface area contributed by atoms with Gasteiger partial charge in [0.1, 0.15) is 29.5 Å². The number of imidazole rings is 1. The number of nitrogens with one attached hydrogen (secondary N) is 1. The summed E-state index contributed by atoms with van der Waals surface area (Å²) in [6.45, 7) is 2.35. The molecule has 1 N–H and O–H groups in total. The molecule has 4 aromatic rings. The third-order valence-corrected chi connectivity index (χ3v) is 6.25. The van der Waals surface area contributed by atoms with E-state index in [0.717, 1.165) is 11.3 Å². The second-order valence-corrected chi connectivity index (χ2v) is 8.86. The van der Waals surface area contributed by atoms with Crippen molar-refractivity contribution in [1.82, 2.24) is 19.5 Å². The molecule has 10 heteroatoms. The highest BCUT2D eigenvalue weighted by atomic mass is 32.2. The molecule has 162 valence electrons. The van der Waals surface area contributed by atoms with Gasteiger partial charge < -0.3 is 9.47 Å². The molecule has 1 aliphatic rings. The lowest BCUT2D eigenvalue weighted by molar-refractivity contribution is 0.356. The van der Waals surface area contributed by atoms with Crippen molar-refractivity contribution in [2.24, 2.45) is 0 Å². The van der Waals surface area contributed by atoms with Crippen molar-refractivity contribution in [2.75, 3.05) is 11.3 Å². The normalized spacial score (nSPS) is 12.8. The van der Waals surface area contributed by atoms with Crippen LogP contribution in [0.15, 0.2) is 72.1 Å². The lowest BCUT2D eigenvalue weighted by atomic mass is 10.2. The second-order valence-electron chi connectivity index (χ2n) is 7.18. The highest BCUT2D eigenvalue weighted by Crippen LogP contribution is 2.29. The van der Waals surface area contributed by atoms with Gasteiger partial charge in [-0.15, -0.1) is 0 Å². The first kappa shape index (κ1) is 20.0. The van der Waals surface area contributed by atoms with Gasteiger partial charge in [0, 0.05) is 30.6 Å². The molecular formula is C22H19N5O4S. The summed E-state index contributed by atoms with van der Waals surface area (Å²) in [5.74, 6) is 2.80. The van der Waals surface area contributed by atoms with Gasteiger partial charge in [-0.1, -0.05) is 0 Å². The zero-order valence-corrected chi connectivity index (χ0v) is 17.9. The highest BCUT2D eigenvalue weighted by Gasteiger charge is 2.19. The Morgan fingerprint density at radius 1 is 1.09 bits per heavy atom. The van der Waals surface area contributed by atoms with Crippen LogP contribution in [-0.4, -0.2) is 34.5 Å². The van der Waals surface area contributed by atoms with Crippen molar-refractivity contribution in [3.8, 4) is 23.2 Å². The zero-order valence-electron chi connectivity index (χ0n) is 17.1. The molecule has 0 saturated heterocycles. The first-order valence-corrected chi connectivity index (χ1v) is 11.4.